The van der Waals surface area contributed by atoms with Gasteiger partial charge in [0.15, 0.2) is 16.7 Å². The van der Waals surface area contributed by atoms with Crippen LogP contribution in [-0.2, 0) is 27.8 Å². The largest absolute Gasteiger partial charge is 0.493 e. The van der Waals surface area contributed by atoms with E-state index >= 15 is 0 Å². The van der Waals surface area contributed by atoms with Crippen LogP contribution in [0, 0.1) is 0 Å². The molecule has 10 heteroatoms. The maximum absolute atomic E-state index is 13.2. The van der Waals surface area contributed by atoms with E-state index in [1.165, 1.54) is 30.2 Å². The van der Waals surface area contributed by atoms with Crippen molar-refractivity contribution in [2.24, 2.45) is 4.40 Å². The van der Waals surface area contributed by atoms with Crippen molar-refractivity contribution >= 4 is 50.5 Å². The van der Waals surface area contributed by atoms with Crippen LogP contribution in [0.5, 0.6) is 11.5 Å². The van der Waals surface area contributed by atoms with E-state index in [2.05, 4.69) is 11.0 Å². The molecule has 0 aliphatic carbocycles. The minimum Gasteiger partial charge on any atom is -0.493 e. The fraction of sp³-hybridized carbons (Fsp3) is 0.172. The van der Waals surface area contributed by atoms with E-state index in [0.29, 0.717) is 27.0 Å². The highest BCUT2D eigenvalue weighted by Crippen LogP contribution is 2.36. The number of nitrogens with zero attached hydrogens (tertiary/aromatic N) is 2. The zero-order chi connectivity index (χ0) is 28.0. The number of hydrogen-bond donors (Lipinski definition) is 0. The van der Waals surface area contributed by atoms with Gasteiger partial charge in [-0.05, 0) is 65.7 Å². The molecule has 0 atom stereocenters. The van der Waals surface area contributed by atoms with E-state index in [0.717, 1.165) is 29.3 Å². The van der Waals surface area contributed by atoms with Gasteiger partial charge < -0.3 is 9.47 Å². The second-order valence-electron chi connectivity index (χ2n) is 8.45. The van der Waals surface area contributed by atoms with Crippen molar-refractivity contribution < 1.29 is 22.7 Å². The summed E-state index contributed by atoms with van der Waals surface area (Å²) in [6.07, 6.45) is 3.97. The van der Waals surface area contributed by atoms with Crippen molar-refractivity contribution in [3.63, 3.8) is 0 Å². The van der Waals surface area contributed by atoms with Gasteiger partial charge in [0, 0.05) is 17.1 Å². The molecular formula is C29H27ClN2O5S2. The summed E-state index contributed by atoms with van der Waals surface area (Å²) in [6, 6.07) is 19.2. The zero-order valence-corrected chi connectivity index (χ0v) is 23.9. The Balaban J connectivity index is 1.59. The number of carbonyl (C=O) groups is 1. The van der Waals surface area contributed by atoms with Crippen LogP contribution in [0.3, 0.4) is 0 Å². The van der Waals surface area contributed by atoms with Gasteiger partial charge in [0.1, 0.15) is 6.61 Å². The molecule has 202 valence electrons. The Bertz CT molecular complexity index is 1550. The molecule has 0 spiro atoms. The van der Waals surface area contributed by atoms with Gasteiger partial charge in [0.2, 0.25) is 0 Å². The van der Waals surface area contributed by atoms with Gasteiger partial charge in [-0.25, -0.2) is 0 Å². The first-order valence-corrected chi connectivity index (χ1v) is 14.7. The lowest BCUT2D eigenvalue weighted by Crippen LogP contribution is -2.29. The molecule has 0 radical (unpaired) electrons. The fourth-order valence-electron chi connectivity index (χ4n) is 3.73. The number of ether oxygens (including phenoxy) is 2. The Morgan fingerprint density at radius 1 is 1.08 bits per heavy atom. The summed E-state index contributed by atoms with van der Waals surface area (Å²) in [7, 11) is -2.50. The van der Waals surface area contributed by atoms with E-state index in [-0.39, 0.29) is 29.1 Å². The first kappa shape index (κ1) is 28.5. The normalized spacial score (nSPS) is 15.7. The number of carbonyl (C=O) groups excluding carboxylic acids is 1. The van der Waals surface area contributed by atoms with Crippen LogP contribution in [0.4, 0.5) is 0 Å². The lowest BCUT2D eigenvalue weighted by Gasteiger charge is -2.13. The second-order valence-corrected chi connectivity index (χ2v) is 11.5. The van der Waals surface area contributed by atoms with Gasteiger partial charge in [-0.2, -0.15) is 8.42 Å². The van der Waals surface area contributed by atoms with Crippen LogP contribution in [0.25, 0.3) is 6.08 Å². The minimum atomic E-state index is -4.02. The summed E-state index contributed by atoms with van der Waals surface area (Å²) < 4.78 is 41.4. The third kappa shape index (κ3) is 6.73. The SMILES string of the molecule is C=CCN1C(=O)/C(=C/c2ccc(OCc3ccccc3Cl)c(OC)c2)S/C1=N/S(=O)(=O)c1ccc(CC)cc1. The molecule has 3 aromatic carbocycles. The second kappa shape index (κ2) is 12.5. The third-order valence-corrected chi connectivity index (χ3v) is 8.63. The minimum absolute atomic E-state index is 0.0633. The summed E-state index contributed by atoms with van der Waals surface area (Å²) in [5.74, 6) is 0.621. The van der Waals surface area contributed by atoms with Crippen molar-refractivity contribution in [1.29, 1.82) is 0 Å². The monoisotopic (exact) mass is 582 g/mol. The first-order chi connectivity index (χ1) is 18.7. The summed E-state index contributed by atoms with van der Waals surface area (Å²) >= 11 is 7.21. The van der Waals surface area contributed by atoms with Crippen molar-refractivity contribution in [2.45, 2.75) is 24.8 Å². The predicted molar refractivity (Wildman–Crippen MR) is 157 cm³/mol. The molecule has 1 heterocycles. The average Bonchev–Trinajstić information content (AvgIpc) is 3.21. The molecule has 4 rings (SSSR count). The molecule has 0 unspecified atom stereocenters. The highest BCUT2D eigenvalue weighted by atomic mass is 35.5. The van der Waals surface area contributed by atoms with Crippen LogP contribution in [-0.4, -0.2) is 38.0 Å². The van der Waals surface area contributed by atoms with Crippen LogP contribution in [0.15, 0.2) is 93.6 Å². The van der Waals surface area contributed by atoms with Crippen molar-refractivity contribution in [1.82, 2.24) is 4.90 Å². The Kier molecular flexibility index (Phi) is 9.16. The van der Waals surface area contributed by atoms with Gasteiger partial charge in [-0.15, -0.1) is 11.0 Å². The van der Waals surface area contributed by atoms with Gasteiger partial charge in [0.25, 0.3) is 15.9 Å². The zero-order valence-electron chi connectivity index (χ0n) is 21.5. The van der Waals surface area contributed by atoms with Crippen molar-refractivity contribution in [3.8, 4) is 11.5 Å². The Morgan fingerprint density at radius 2 is 1.82 bits per heavy atom. The van der Waals surface area contributed by atoms with Crippen LogP contribution >= 0.6 is 23.4 Å². The Labute approximate surface area is 237 Å². The molecule has 1 aliphatic heterocycles. The Morgan fingerprint density at radius 3 is 2.49 bits per heavy atom. The molecule has 1 amide bonds. The summed E-state index contributed by atoms with van der Waals surface area (Å²) in [5.41, 5.74) is 2.53. The first-order valence-electron chi connectivity index (χ1n) is 12.1. The molecule has 39 heavy (non-hydrogen) atoms. The maximum atomic E-state index is 13.2. The van der Waals surface area contributed by atoms with Crippen molar-refractivity contribution in [3.05, 3.63) is 106 Å². The molecule has 0 N–H and O–H groups in total. The number of amides is 1. The topological polar surface area (TPSA) is 85.3 Å². The highest BCUT2D eigenvalue weighted by Gasteiger charge is 2.34. The number of amidine groups is 1. The number of aryl methyl sites for hydroxylation is 1. The quantitative estimate of drug-likeness (QED) is 0.205. The summed E-state index contributed by atoms with van der Waals surface area (Å²) in [6.45, 7) is 6.05. The average molecular weight is 583 g/mol. The molecular weight excluding hydrogens is 556 g/mol. The number of hydrogen-bond acceptors (Lipinski definition) is 6. The molecule has 1 aliphatic rings. The van der Waals surface area contributed by atoms with Crippen molar-refractivity contribution in [2.75, 3.05) is 13.7 Å². The van der Waals surface area contributed by atoms with E-state index in [1.807, 2.05) is 25.1 Å². The molecule has 0 aromatic heterocycles. The number of halogens is 1. The maximum Gasteiger partial charge on any atom is 0.284 e. The van der Waals surface area contributed by atoms with E-state index in [4.69, 9.17) is 21.1 Å². The van der Waals surface area contributed by atoms with E-state index in [1.54, 1.807) is 42.5 Å². The molecule has 3 aromatic rings. The number of thioether (sulfide) groups is 1. The van der Waals surface area contributed by atoms with Crippen LogP contribution < -0.4 is 9.47 Å². The number of benzene rings is 3. The lowest BCUT2D eigenvalue weighted by atomic mass is 10.1. The highest BCUT2D eigenvalue weighted by molar-refractivity contribution is 8.19. The van der Waals surface area contributed by atoms with Gasteiger partial charge in [-0.3, -0.25) is 9.69 Å². The molecule has 1 saturated heterocycles. The Hall–Kier alpha value is -3.53. The molecule has 0 saturated carbocycles. The lowest BCUT2D eigenvalue weighted by molar-refractivity contribution is -0.121. The number of rotatable bonds is 10. The third-order valence-electron chi connectivity index (χ3n) is 5.85. The predicted octanol–water partition coefficient (Wildman–Crippen LogP) is 6.34. The molecule has 0 bridgehead atoms. The van der Waals surface area contributed by atoms with Gasteiger partial charge in [0.05, 0.1) is 16.9 Å². The van der Waals surface area contributed by atoms with Gasteiger partial charge >= 0.3 is 0 Å². The standard InChI is InChI=1S/C29H27ClN2O5S2/c1-4-16-32-28(33)27(38-29(32)31-39(34,35)23-13-10-20(5-2)11-14-23)18-21-12-15-25(26(17-21)36-3)37-19-22-8-6-7-9-24(22)30/h4,6-15,17-18H,1,5,16,19H2,2-3H3/b27-18-,31-29+. The van der Waals surface area contributed by atoms with Gasteiger partial charge in [-0.1, -0.05) is 61.0 Å². The summed E-state index contributed by atoms with van der Waals surface area (Å²) in [4.78, 5) is 14.8. The van der Waals surface area contributed by atoms with Crippen LogP contribution in [0.2, 0.25) is 5.02 Å². The summed E-state index contributed by atoms with van der Waals surface area (Å²) in [5, 5.41) is 0.675. The van der Waals surface area contributed by atoms with E-state index < -0.39 is 10.0 Å². The fourth-order valence-corrected chi connectivity index (χ4v) is 6.11. The smallest absolute Gasteiger partial charge is 0.284 e. The van der Waals surface area contributed by atoms with E-state index in [9.17, 15) is 13.2 Å². The van der Waals surface area contributed by atoms with Crippen LogP contribution in [0.1, 0.15) is 23.6 Å². The molecule has 7 nitrogen and oxygen atoms in total. The number of sulfonamides is 1. The molecule has 1 fully saturated rings. The number of methoxy groups -OCH3 is 1.